The summed E-state index contributed by atoms with van der Waals surface area (Å²) in [6.07, 6.45) is 6.91. The quantitative estimate of drug-likeness (QED) is 0.824. The van der Waals surface area contributed by atoms with Crippen LogP contribution in [0.1, 0.15) is 37.7 Å². The summed E-state index contributed by atoms with van der Waals surface area (Å²) >= 11 is 0. The van der Waals surface area contributed by atoms with Crippen molar-refractivity contribution in [2.24, 2.45) is 23.5 Å². The zero-order valence-electron chi connectivity index (χ0n) is 15.9. The van der Waals surface area contributed by atoms with E-state index >= 15 is 0 Å². The molecule has 2 unspecified atom stereocenters. The molecule has 1 aromatic heterocycles. The zero-order valence-corrected chi connectivity index (χ0v) is 16.7. The summed E-state index contributed by atoms with van der Waals surface area (Å²) in [7, 11) is 0. The number of hydrogen-bond acceptors (Lipinski definition) is 3. The smallest absolute Gasteiger partial charge is 0.274 e. The van der Waals surface area contributed by atoms with Gasteiger partial charge in [-0.05, 0) is 55.2 Å². The lowest BCUT2D eigenvalue weighted by molar-refractivity contribution is -0.122. The highest BCUT2D eigenvalue weighted by atomic mass is 35.5. The third-order valence-electron chi connectivity index (χ3n) is 6.26. The average Bonchev–Trinajstić information content (AvgIpc) is 2.65. The van der Waals surface area contributed by atoms with Gasteiger partial charge in [0, 0.05) is 18.2 Å². The van der Waals surface area contributed by atoms with Gasteiger partial charge in [0.05, 0.1) is 6.54 Å². The molecule has 1 heterocycles. The largest absolute Gasteiger partial charge is 0.327 e. The first kappa shape index (κ1) is 20.6. The number of amides is 1. The molecule has 2 fully saturated rings. The van der Waals surface area contributed by atoms with Crippen LogP contribution in [0.5, 0.6) is 0 Å². The molecule has 150 valence electrons. The van der Waals surface area contributed by atoms with E-state index in [4.69, 9.17) is 5.73 Å². The van der Waals surface area contributed by atoms with Crippen molar-refractivity contribution in [3.8, 4) is 0 Å². The summed E-state index contributed by atoms with van der Waals surface area (Å²) in [5.41, 5.74) is 7.58. The molecule has 0 saturated heterocycles. The molecular weight excluding hydrogens is 374 g/mol. The molecule has 1 aromatic carbocycles. The molecule has 2 aromatic rings. The molecule has 1 amide bonds. The molecule has 5 nitrogen and oxygen atoms in total. The van der Waals surface area contributed by atoms with Crippen molar-refractivity contribution in [1.82, 2.24) is 4.57 Å². The van der Waals surface area contributed by atoms with Crippen LogP contribution in [0.15, 0.2) is 53.5 Å². The minimum absolute atomic E-state index is 0. The Balaban J connectivity index is 0.00000225. The van der Waals surface area contributed by atoms with E-state index in [0.29, 0.717) is 24.1 Å². The van der Waals surface area contributed by atoms with Crippen molar-refractivity contribution in [3.05, 3.63) is 64.6 Å². The summed E-state index contributed by atoms with van der Waals surface area (Å²) in [4.78, 5) is 25.6. The minimum Gasteiger partial charge on any atom is -0.327 e. The van der Waals surface area contributed by atoms with Gasteiger partial charge in [-0.25, -0.2) is 0 Å². The van der Waals surface area contributed by atoms with E-state index in [1.54, 1.807) is 16.8 Å². The lowest BCUT2D eigenvalue weighted by Crippen LogP contribution is -2.48. The van der Waals surface area contributed by atoms with Crippen LogP contribution >= 0.6 is 12.4 Å². The highest BCUT2D eigenvalue weighted by Crippen LogP contribution is 2.42. The molecule has 4 rings (SSSR count). The van der Waals surface area contributed by atoms with Crippen molar-refractivity contribution < 1.29 is 4.79 Å². The van der Waals surface area contributed by atoms with E-state index < -0.39 is 0 Å². The topological polar surface area (TPSA) is 77.1 Å². The Morgan fingerprint density at radius 3 is 2.43 bits per heavy atom. The van der Waals surface area contributed by atoms with E-state index in [9.17, 15) is 9.59 Å². The van der Waals surface area contributed by atoms with Gasteiger partial charge in [-0.3, -0.25) is 9.59 Å². The molecule has 0 spiro atoms. The van der Waals surface area contributed by atoms with E-state index in [1.165, 1.54) is 6.42 Å². The molecule has 2 saturated carbocycles. The molecular formula is C22H28ClN3O2. The number of nitrogens with two attached hydrogens (primary N) is 1. The van der Waals surface area contributed by atoms with Gasteiger partial charge in [-0.2, -0.15) is 0 Å². The Morgan fingerprint density at radius 1 is 1.07 bits per heavy atom. The summed E-state index contributed by atoms with van der Waals surface area (Å²) in [5.74, 6) is 0.813. The van der Waals surface area contributed by atoms with Gasteiger partial charge in [-0.15, -0.1) is 12.4 Å². The summed E-state index contributed by atoms with van der Waals surface area (Å²) in [6.45, 7) is 0.492. The average molecular weight is 402 g/mol. The molecule has 6 heteroatoms. The van der Waals surface area contributed by atoms with Crippen molar-refractivity contribution in [2.75, 3.05) is 5.32 Å². The van der Waals surface area contributed by atoms with E-state index in [1.807, 2.05) is 36.4 Å². The Morgan fingerprint density at radius 2 is 1.75 bits per heavy atom. The standard InChI is InChI=1S/C22H27N3O2.ClH/c23-20-16-8-4-9-17(20)13-18(12-16)21(26)24-19-10-5-11-25(22(19)27)14-15-6-2-1-3-7-15;/h1-3,5-7,10-11,16-18,20H,4,8-9,12-14,23H2,(H,24,26);1H. The van der Waals surface area contributed by atoms with Crippen LogP contribution in [-0.2, 0) is 11.3 Å². The zero-order chi connectivity index (χ0) is 18.8. The first-order valence-corrected chi connectivity index (χ1v) is 9.91. The second-order valence-electron chi connectivity index (χ2n) is 8.03. The predicted molar refractivity (Wildman–Crippen MR) is 114 cm³/mol. The van der Waals surface area contributed by atoms with Gasteiger partial charge in [0.1, 0.15) is 5.69 Å². The first-order valence-electron chi connectivity index (χ1n) is 9.91. The summed E-state index contributed by atoms with van der Waals surface area (Å²) in [6, 6.07) is 13.6. The summed E-state index contributed by atoms with van der Waals surface area (Å²) in [5, 5.41) is 2.90. The fourth-order valence-corrected chi connectivity index (χ4v) is 4.77. The van der Waals surface area contributed by atoms with Crippen LogP contribution in [-0.4, -0.2) is 16.5 Å². The lowest BCUT2D eigenvalue weighted by Gasteiger charge is -2.43. The fourth-order valence-electron chi connectivity index (χ4n) is 4.77. The van der Waals surface area contributed by atoms with Gasteiger partial charge in [0.25, 0.3) is 5.56 Å². The molecule has 3 N–H and O–H groups in total. The highest BCUT2D eigenvalue weighted by molar-refractivity contribution is 5.92. The number of nitrogens with one attached hydrogen (secondary N) is 1. The molecule has 2 atom stereocenters. The number of benzene rings is 1. The van der Waals surface area contributed by atoms with E-state index in [2.05, 4.69) is 5.32 Å². The number of pyridine rings is 1. The number of rotatable bonds is 4. The molecule has 2 aliphatic carbocycles. The monoisotopic (exact) mass is 401 g/mol. The summed E-state index contributed by atoms with van der Waals surface area (Å²) < 4.78 is 1.64. The Hall–Kier alpha value is -2.11. The van der Waals surface area contributed by atoms with Crippen molar-refractivity contribution in [2.45, 2.75) is 44.7 Å². The minimum atomic E-state index is -0.164. The van der Waals surface area contributed by atoms with Crippen molar-refractivity contribution >= 4 is 24.0 Å². The van der Waals surface area contributed by atoms with Crippen LogP contribution in [0.25, 0.3) is 0 Å². The van der Waals surface area contributed by atoms with Crippen LogP contribution in [0.2, 0.25) is 0 Å². The predicted octanol–water partition coefficient (Wildman–Crippen LogP) is 3.41. The highest BCUT2D eigenvalue weighted by Gasteiger charge is 2.40. The number of nitrogens with zero attached hydrogens (tertiary/aromatic N) is 1. The fraction of sp³-hybridized carbons (Fsp3) is 0.455. The number of aromatic nitrogens is 1. The molecule has 2 bridgehead atoms. The van der Waals surface area contributed by atoms with Crippen molar-refractivity contribution in [3.63, 3.8) is 0 Å². The third-order valence-corrected chi connectivity index (χ3v) is 6.26. The van der Waals surface area contributed by atoms with Crippen LogP contribution in [0.3, 0.4) is 0 Å². The molecule has 0 aliphatic heterocycles. The van der Waals surface area contributed by atoms with Gasteiger partial charge in [0.2, 0.25) is 5.91 Å². The van der Waals surface area contributed by atoms with Crippen LogP contribution in [0, 0.1) is 17.8 Å². The van der Waals surface area contributed by atoms with Crippen LogP contribution < -0.4 is 16.6 Å². The van der Waals surface area contributed by atoms with E-state index in [-0.39, 0.29) is 35.8 Å². The van der Waals surface area contributed by atoms with Gasteiger partial charge in [0.15, 0.2) is 0 Å². The number of hydrogen-bond donors (Lipinski definition) is 2. The Labute approximate surface area is 171 Å². The van der Waals surface area contributed by atoms with Crippen LogP contribution in [0.4, 0.5) is 5.69 Å². The number of anilines is 1. The maximum Gasteiger partial charge on any atom is 0.274 e. The number of carbonyl (C=O) groups is 1. The van der Waals surface area contributed by atoms with E-state index in [0.717, 1.165) is 31.2 Å². The molecule has 0 radical (unpaired) electrons. The molecule has 2 aliphatic rings. The maximum absolute atomic E-state index is 12.8. The van der Waals surface area contributed by atoms with Crippen molar-refractivity contribution in [1.29, 1.82) is 0 Å². The normalized spacial score (nSPS) is 26.2. The number of fused-ring (bicyclic) bond motifs is 2. The second kappa shape index (κ2) is 8.93. The maximum atomic E-state index is 12.8. The van der Waals surface area contributed by atoms with Gasteiger partial charge < -0.3 is 15.6 Å². The lowest BCUT2D eigenvalue weighted by atomic mass is 9.65. The number of carbonyl (C=O) groups excluding carboxylic acids is 1. The number of halogens is 1. The van der Waals surface area contributed by atoms with Gasteiger partial charge >= 0.3 is 0 Å². The SMILES string of the molecule is Cl.NC1C2CCCC1CC(C(=O)Nc1cccn(Cc3ccccc3)c1=O)C2. The Kier molecular flexibility index (Phi) is 6.57. The second-order valence-corrected chi connectivity index (χ2v) is 8.03. The first-order chi connectivity index (χ1) is 13.1. The Bertz CT molecular complexity index is 854. The van der Waals surface area contributed by atoms with Gasteiger partial charge in [-0.1, -0.05) is 36.8 Å². The third kappa shape index (κ3) is 4.31. The molecule has 28 heavy (non-hydrogen) atoms.